The number of aryl methyl sites for hydroxylation is 1. The Bertz CT molecular complexity index is 286. The van der Waals surface area contributed by atoms with Gasteiger partial charge in [-0.3, -0.25) is 0 Å². The Balaban J connectivity index is 2.69. The van der Waals surface area contributed by atoms with Crippen molar-refractivity contribution in [2.45, 2.75) is 6.92 Å². The predicted octanol–water partition coefficient (Wildman–Crippen LogP) is 0.550. The summed E-state index contributed by atoms with van der Waals surface area (Å²) in [6.07, 6.45) is 1.71. The van der Waals surface area contributed by atoms with Gasteiger partial charge in [0.15, 0.2) is 5.11 Å². The molecule has 12 heavy (non-hydrogen) atoms. The van der Waals surface area contributed by atoms with E-state index >= 15 is 0 Å². The second-order valence-electron chi connectivity index (χ2n) is 2.32. The van der Waals surface area contributed by atoms with Crippen LogP contribution in [0.1, 0.15) is 5.56 Å². The molecule has 0 amide bonds. The summed E-state index contributed by atoms with van der Waals surface area (Å²) < 4.78 is 0. The van der Waals surface area contributed by atoms with E-state index in [1.54, 1.807) is 6.20 Å². The highest BCUT2D eigenvalue weighted by Gasteiger charge is 1.95. The smallest absolute Gasteiger partial charge is 0.186 e. The van der Waals surface area contributed by atoms with Crippen molar-refractivity contribution in [3.63, 3.8) is 0 Å². The third-order valence-corrected chi connectivity index (χ3v) is 1.51. The van der Waals surface area contributed by atoms with Gasteiger partial charge in [-0.15, -0.1) is 0 Å². The van der Waals surface area contributed by atoms with Crippen LogP contribution in [0.4, 0.5) is 5.82 Å². The minimum atomic E-state index is 0.355. The maximum atomic E-state index is 5.08. The highest BCUT2D eigenvalue weighted by Crippen LogP contribution is 2.04. The normalized spacial score (nSPS) is 9.17. The minimum absolute atomic E-state index is 0.355. The van der Waals surface area contributed by atoms with E-state index in [0.717, 1.165) is 5.56 Å². The quantitative estimate of drug-likeness (QED) is 0.336. The van der Waals surface area contributed by atoms with Gasteiger partial charge in [0, 0.05) is 6.20 Å². The zero-order valence-electron chi connectivity index (χ0n) is 6.66. The molecule has 0 aromatic carbocycles. The lowest BCUT2D eigenvalue weighted by Crippen LogP contribution is -2.34. The van der Waals surface area contributed by atoms with Crippen molar-refractivity contribution < 1.29 is 0 Å². The monoisotopic (exact) mass is 182 g/mol. The summed E-state index contributed by atoms with van der Waals surface area (Å²) in [5.74, 6) is 5.77. The van der Waals surface area contributed by atoms with Gasteiger partial charge in [0.2, 0.25) is 0 Å². The van der Waals surface area contributed by atoms with Crippen LogP contribution >= 0.6 is 12.2 Å². The summed E-state index contributed by atoms with van der Waals surface area (Å²) in [5, 5.41) is 3.17. The standard InChI is InChI=1S/C7H10N4S/c1-5-2-3-9-6(4-5)10-7(12)11-8/h2-4H,8H2,1H3,(H2,9,10,11,12). The number of hydrazine groups is 1. The molecule has 0 spiro atoms. The van der Waals surface area contributed by atoms with Crippen molar-refractivity contribution >= 4 is 23.1 Å². The van der Waals surface area contributed by atoms with Crippen molar-refractivity contribution in [1.82, 2.24) is 10.4 Å². The molecule has 4 N–H and O–H groups in total. The summed E-state index contributed by atoms with van der Waals surface area (Å²) in [7, 11) is 0. The van der Waals surface area contributed by atoms with Crippen LogP contribution in [0.5, 0.6) is 0 Å². The molecule has 0 aliphatic heterocycles. The maximum absolute atomic E-state index is 5.08. The minimum Gasteiger partial charge on any atom is -0.316 e. The number of rotatable bonds is 1. The molecule has 1 rings (SSSR count). The molecule has 0 radical (unpaired) electrons. The molecule has 0 saturated heterocycles. The second-order valence-corrected chi connectivity index (χ2v) is 2.73. The Labute approximate surface area is 76.1 Å². The van der Waals surface area contributed by atoms with Crippen LogP contribution in [0.15, 0.2) is 18.3 Å². The highest BCUT2D eigenvalue weighted by atomic mass is 32.1. The number of pyridine rings is 1. The van der Waals surface area contributed by atoms with Crippen molar-refractivity contribution in [3.05, 3.63) is 23.9 Å². The summed E-state index contributed by atoms with van der Waals surface area (Å²) in [5.41, 5.74) is 3.43. The van der Waals surface area contributed by atoms with Gasteiger partial charge in [0.1, 0.15) is 5.82 Å². The molecule has 1 aromatic heterocycles. The summed E-state index contributed by atoms with van der Waals surface area (Å²) in [6.45, 7) is 1.98. The Hall–Kier alpha value is -1.20. The molecular formula is C7H10N4S. The Morgan fingerprint density at radius 2 is 2.42 bits per heavy atom. The van der Waals surface area contributed by atoms with Crippen molar-refractivity contribution in [2.75, 3.05) is 5.32 Å². The number of anilines is 1. The average molecular weight is 182 g/mol. The van der Waals surface area contributed by atoms with Crippen LogP contribution in [0.3, 0.4) is 0 Å². The molecule has 4 nitrogen and oxygen atoms in total. The number of nitrogens with zero attached hydrogens (tertiary/aromatic N) is 1. The lowest BCUT2D eigenvalue weighted by Gasteiger charge is -2.05. The first-order valence-electron chi connectivity index (χ1n) is 3.42. The van der Waals surface area contributed by atoms with Crippen molar-refractivity contribution in [3.8, 4) is 0 Å². The van der Waals surface area contributed by atoms with Crippen LogP contribution in [0.25, 0.3) is 0 Å². The lowest BCUT2D eigenvalue weighted by molar-refractivity contribution is 1.04. The molecular weight excluding hydrogens is 172 g/mol. The van der Waals surface area contributed by atoms with Crippen LogP contribution in [-0.2, 0) is 0 Å². The van der Waals surface area contributed by atoms with Crippen molar-refractivity contribution in [1.29, 1.82) is 0 Å². The fraction of sp³-hybridized carbons (Fsp3) is 0.143. The molecule has 0 atom stereocenters. The summed E-state index contributed by atoms with van der Waals surface area (Å²) in [6, 6.07) is 3.79. The molecule has 1 heterocycles. The van der Waals surface area contributed by atoms with E-state index in [4.69, 9.17) is 18.1 Å². The fourth-order valence-corrected chi connectivity index (χ4v) is 0.862. The van der Waals surface area contributed by atoms with Gasteiger partial charge >= 0.3 is 0 Å². The Kier molecular flexibility index (Phi) is 2.95. The first-order valence-corrected chi connectivity index (χ1v) is 3.83. The first-order chi connectivity index (χ1) is 5.72. The van der Waals surface area contributed by atoms with E-state index in [1.165, 1.54) is 0 Å². The molecule has 1 aromatic rings. The van der Waals surface area contributed by atoms with E-state index in [2.05, 4.69) is 15.7 Å². The SMILES string of the molecule is Cc1ccnc(NC(=S)NN)c1. The zero-order valence-corrected chi connectivity index (χ0v) is 7.48. The van der Waals surface area contributed by atoms with Crippen LogP contribution in [0.2, 0.25) is 0 Å². The maximum Gasteiger partial charge on any atom is 0.186 e. The van der Waals surface area contributed by atoms with Gasteiger partial charge in [-0.05, 0) is 36.8 Å². The number of thiocarbonyl (C=S) groups is 1. The van der Waals surface area contributed by atoms with Crippen LogP contribution < -0.4 is 16.6 Å². The van der Waals surface area contributed by atoms with E-state index in [-0.39, 0.29) is 0 Å². The molecule has 0 aliphatic rings. The fourth-order valence-electron chi connectivity index (χ4n) is 0.757. The number of nitrogens with two attached hydrogens (primary N) is 1. The number of hydrogen-bond donors (Lipinski definition) is 3. The molecule has 0 saturated carbocycles. The van der Waals surface area contributed by atoms with Crippen LogP contribution in [0, 0.1) is 6.92 Å². The highest BCUT2D eigenvalue weighted by molar-refractivity contribution is 7.80. The molecule has 5 heteroatoms. The number of aromatic nitrogens is 1. The third kappa shape index (κ3) is 2.44. The number of nitrogens with one attached hydrogen (secondary N) is 2. The van der Waals surface area contributed by atoms with Gasteiger partial charge in [-0.1, -0.05) is 0 Å². The van der Waals surface area contributed by atoms with Crippen LogP contribution in [-0.4, -0.2) is 10.1 Å². The lowest BCUT2D eigenvalue weighted by atomic mass is 10.3. The second kappa shape index (κ2) is 3.99. The van der Waals surface area contributed by atoms with Gasteiger partial charge < -0.3 is 10.7 Å². The Morgan fingerprint density at radius 3 is 3.00 bits per heavy atom. The van der Waals surface area contributed by atoms with E-state index < -0.39 is 0 Å². The van der Waals surface area contributed by atoms with E-state index in [0.29, 0.717) is 10.9 Å². The molecule has 0 aliphatic carbocycles. The Morgan fingerprint density at radius 1 is 1.67 bits per heavy atom. The number of hydrogen-bond acceptors (Lipinski definition) is 3. The van der Waals surface area contributed by atoms with E-state index in [9.17, 15) is 0 Å². The van der Waals surface area contributed by atoms with Gasteiger partial charge in [-0.2, -0.15) is 0 Å². The predicted molar refractivity (Wildman–Crippen MR) is 52.5 cm³/mol. The van der Waals surface area contributed by atoms with Gasteiger partial charge in [-0.25, -0.2) is 10.8 Å². The molecule has 0 bridgehead atoms. The van der Waals surface area contributed by atoms with Gasteiger partial charge in [0.25, 0.3) is 0 Å². The largest absolute Gasteiger partial charge is 0.316 e. The third-order valence-electron chi connectivity index (χ3n) is 1.29. The van der Waals surface area contributed by atoms with Crippen molar-refractivity contribution in [2.24, 2.45) is 5.84 Å². The van der Waals surface area contributed by atoms with Gasteiger partial charge in [0.05, 0.1) is 0 Å². The zero-order chi connectivity index (χ0) is 8.97. The summed E-state index contributed by atoms with van der Waals surface area (Å²) in [4.78, 5) is 4.03. The molecule has 64 valence electrons. The molecule has 0 unspecified atom stereocenters. The summed E-state index contributed by atoms with van der Waals surface area (Å²) >= 11 is 4.79. The molecule has 0 fully saturated rings. The average Bonchev–Trinajstić information content (AvgIpc) is 2.04. The van der Waals surface area contributed by atoms with E-state index in [1.807, 2.05) is 19.1 Å². The first kappa shape index (κ1) is 8.89. The topological polar surface area (TPSA) is 63.0 Å².